The number of hydrogen-bond donors (Lipinski definition) is 1. The van der Waals surface area contributed by atoms with Crippen molar-refractivity contribution in [2.24, 2.45) is 0 Å². The summed E-state index contributed by atoms with van der Waals surface area (Å²) in [5.41, 5.74) is 0.522. The Bertz CT molecular complexity index is 518. The van der Waals surface area contributed by atoms with Crippen LogP contribution in [0, 0.1) is 0 Å². The van der Waals surface area contributed by atoms with E-state index in [-0.39, 0.29) is 24.3 Å². The number of carbonyl (C=O) groups excluding carboxylic acids is 2. The number of hydrogen-bond acceptors (Lipinski definition) is 3. The van der Waals surface area contributed by atoms with Crippen LogP contribution in [0.2, 0.25) is 5.02 Å². The third kappa shape index (κ3) is 5.27. The molecular formula is C15H21ClN2O3. The number of methoxy groups -OCH3 is 1. The van der Waals surface area contributed by atoms with Crippen molar-refractivity contribution in [3.8, 4) is 5.75 Å². The first-order chi connectivity index (χ1) is 9.85. The summed E-state index contributed by atoms with van der Waals surface area (Å²) in [6.07, 6.45) is 0.216. The first-order valence-corrected chi connectivity index (χ1v) is 7.13. The lowest BCUT2D eigenvalue weighted by atomic mass is 10.2. The number of carbonyl (C=O) groups is 2. The number of nitrogens with one attached hydrogen (secondary N) is 1. The second-order valence-electron chi connectivity index (χ2n) is 4.95. The van der Waals surface area contributed by atoms with E-state index < -0.39 is 0 Å². The second kappa shape index (κ2) is 7.88. The molecule has 5 nitrogen and oxygen atoms in total. The van der Waals surface area contributed by atoms with Crippen LogP contribution in [0.15, 0.2) is 18.2 Å². The van der Waals surface area contributed by atoms with Gasteiger partial charge < -0.3 is 15.0 Å². The smallest absolute Gasteiger partial charge is 0.226 e. The molecule has 2 amide bonds. The maximum Gasteiger partial charge on any atom is 0.226 e. The third-order valence-corrected chi connectivity index (χ3v) is 3.28. The molecule has 0 aliphatic rings. The summed E-state index contributed by atoms with van der Waals surface area (Å²) in [4.78, 5) is 25.1. The standard InChI is InChI=1S/C15H21ClN2O3/c1-10(2)18(11(3)19)8-7-15(20)17-13-9-12(16)5-6-14(13)21-4/h5-6,9-10H,7-8H2,1-4H3,(H,17,20). The van der Waals surface area contributed by atoms with Gasteiger partial charge in [0.25, 0.3) is 0 Å². The number of nitrogens with zero attached hydrogens (tertiary/aromatic N) is 1. The number of benzene rings is 1. The molecule has 0 radical (unpaired) electrons. The first kappa shape index (κ1) is 17.3. The Morgan fingerprint density at radius 1 is 1.38 bits per heavy atom. The molecule has 6 heteroatoms. The molecule has 0 saturated heterocycles. The highest BCUT2D eigenvalue weighted by molar-refractivity contribution is 6.31. The predicted octanol–water partition coefficient (Wildman–Crippen LogP) is 2.93. The third-order valence-electron chi connectivity index (χ3n) is 3.04. The highest BCUT2D eigenvalue weighted by Crippen LogP contribution is 2.27. The van der Waals surface area contributed by atoms with Crippen molar-refractivity contribution in [2.45, 2.75) is 33.2 Å². The van der Waals surface area contributed by atoms with Crippen LogP contribution >= 0.6 is 11.6 Å². The monoisotopic (exact) mass is 312 g/mol. The Balaban J connectivity index is 2.66. The fourth-order valence-electron chi connectivity index (χ4n) is 1.99. The van der Waals surface area contributed by atoms with Crippen molar-refractivity contribution < 1.29 is 14.3 Å². The van der Waals surface area contributed by atoms with Crippen molar-refractivity contribution in [1.82, 2.24) is 4.90 Å². The number of rotatable bonds is 6. The number of halogens is 1. The second-order valence-corrected chi connectivity index (χ2v) is 5.39. The number of amides is 2. The van der Waals surface area contributed by atoms with Crippen LogP contribution in [0.5, 0.6) is 5.75 Å². The minimum absolute atomic E-state index is 0.0434. The maximum absolute atomic E-state index is 12.0. The SMILES string of the molecule is COc1ccc(Cl)cc1NC(=O)CCN(C(C)=O)C(C)C. The van der Waals surface area contributed by atoms with Gasteiger partial charge in [-0.05, 0) is 32.0 Å². The van der Waals surface area contributed by atoms with Gasteiger partial charge in [0.15, 0.2) is 0 Å². The maximum atomic E-state index is 12.0. The minimum atomic E-state index is -0.192. The van der Waals surface area contributed by atoms with E-state index in [0.717, 1.165) is 0 Å². The van der Waals surface area contributed by atoms with Gasteiger partial charge in [-0.1, -0.05) is 11.6 Å². The fourth-order valence-corrected chi connectivity index (χ4v) is 2.16. The normalized spacial score (nSPS) is 10.4. The average molecular weight is 313 g/mol. The molecule has 0 fully saturated rings. The quantitative estimate of drug-likeness (QED) is 0.878. The molecule has 0 atom stereocenters. The van der Waals surface area contributed by atoms with Gasteiger partial charge >= 0.3 is 0 Å². The van der Waals surface area contributed by atoms with Gasteiger partial charge in [0.05, 0.1) is 12.8 Å². The summed E-state index contributed by atoms with van der Waals surface area (Å²) in [5, 5.41) is 3.26. The van der Waals surface area contributed by atoms with Crippen molar-refractivity contribution in [1.29, 1.82) is 0 Å². The van der Waals surface area contributed by atoms with E-state index >= 15 is 0 Å². The van der Waals surface area contributed by atoms with E-state index in [0.29, 0.717) is 23.0 Å². The van der Waals surface area contributed by atoms with Gasteiger partial charge in [0.2, 0.25) is 11.8 Å². The number of anilines is 1. The van der Waals surface area contributed by atoms with Crippen molar-refractivity contribution >= 4 is 29.1 Å². The molecule has 0 aliphatic carbocycles. The lowest BCUT2D eigenvalue weighted by Gasteiger charge is -2.25. The van der Waals surface area contributed by atoms with Crippen molar-refractivity contribution in [3.05, 3.63) is 23.2 Å². The fraction of sp³-hybridized carbons (Fsp3) is 0.467. The Hall–Kier alpha value is -1.75. The predicted molar refractivity (Wildman–Crippen MR) is 83.8 cm³/mol. The van der Waals surface area contributed by atoms with Crippen LogP contribution in [0.4, 0.5) is 5.69 Å². The van der Waals surface area contributed by atoms with Gasteiger partial charge in [0, 0.05) is 31.0 Å². The molecule has 1 aromatic rings. The number of ether oxygens (including phenoxy) is 1. The molecule has 0 unspecified atom stereocenters. The Kier molecular flexibility index (Phi) is 6.49. The van der Waals surface area contributed by atoms with Crippen molar-refractivity contribution in [2.75, 3.05) is 19.0 Å². The molecule has 0 spiro atoms. The first-order valence-electron chi connectivity index (χ1n) is 6.75. The van der Waals surface area contributed by atoms with Gasteiger partial charge in [0.1, 0.15) is 5.75 Å². The van der Waals surface area contributed by atoms with E-state index in [1.54, 1.807) is 23.1 Å². The van der Waals surface area contributed by atoms with Gasteiger partial charge in [-0.2, -0.15) is 0 Å². The molecule has 0 aliphatic heterocycles. The Morgan fingerprint density at radius 3 is 2.57 bits per heavy atom. The van der Waals surface area contributed by atoms with Crippen molar-refractivity contribution in [3.63, 3.8) is 0 Å². The molecule has 21 heavy (non-hydrogen) atoms. The molecule has 0 heterocycles. The van der Waals surface area contributed by atoms with Crippen LogP contribution in [0.25, 0.3) is 0 Å². The topological polar surface area (TPSA) is 58.6 Å². The van der Waals surface area contributed by atoms with Gasteiger partial charge in [-0.25, -0.2) is 0 Å². The van der Waals surface area contributed by atoms with Gasteiger partial charge in [-0.3, -0.25) is 9.59 Å². The average Bonchev–Trinajstić information content (AvgIpc) is 2.38. The molecule has 0 aromatic heterocycles. The Labute approximate surface area is 130 Å². The van der Waals surface area contributed by atoms with Crippen LogP contribution < -0.4 is 10.1 Å². The highest BCUT2D eigenvalue weighted by Gasteiger charge is 2.15. The van der Waals surface area contributed by atoms with E-state index in [1.165, 1.54) is 14.0 Å². The zero-order valence-electron chi connectivity index (χ0n) is 12.8. The van der Waals surface area contributed by atoms with E-state index in [4.69, 9.17) is 16.3 Å². The molecule has 116 valence electrons. The summed E-state index contributed by atoms with van der Waals surface area (Å²) in [6.45, 7) is 5.71. The van der Waals surface area contributed by atoms with E-state index in [2.05, 4.69) is 5.32 Å². The van der Waals surface area contributed by atoms with Crippen LogP contribution in [-0.2, 0) is 9.59 Å². The summed E-state index contributed by atoms with van der Waals surface area (Å²) in [6, 6.07) is 5.07. The van der Waals surface area contributed by atoms with E-state index in [9.17, 15) is 9.59 Å². The highest BCUT2D eigenvalue weighted by atomic mass is 35.5. The van der Waals surface area contributed by atoms with Crippen LogP contribution in [0.3, 0.4) is 0 Å². The lowest BCUT2D eigenvalue weighted by Crippen LogP contribution is -2.37. The largest absolute Gasteiger partial charge is 0.495 e. The minimum Gasteiger partial charge on any atom is -0.495 e. The summed E-state index contributed by atoms with van der Waals surface area (Å²) >= 11 is 5.91. The molecular weight excluding hydrogens is 292 g/mol. The molecule has 1 rings (SSSR count). The molecule has 1 aromatic carbocycles. The molecule has 0 saturated carbocycles. The zero-order valence-corrected chi connectivity index (χ0v) is 13.5. The summed E-state index contributed by atoms with van der Waals surface area (Å²) < 4.78 is 5.17. The lowest BCUT2D eigenvalue weighted by molar-refractivity contribution is -0.130. The van der Waals surface area contributed by atoms with Gasteiger partial charge in [-0.15, -0.1) is 0 Å². The molecule has 0 bridgehead atoms. The summed E-state index contributed by atoms with van der Waals surface area (Å²) in [7, 11) is 1.52. The summed E-state index contributed by atoms with van der Waals surface area (Å²) in [5.74, 6) is 0.306. The van der Waals surface area contributed by atoms with E-state index in [1.807, 2.05) is 13.8 Å². The molecule has 1 N–H and O–H groups in total. The zero-order chi connectivity index (χ0) is 16.0. The van der Waals surface area contributed by atoms with Crippen LogP contribution in [-0.4, -0.2) is 36.4 Å². The van der Waals surface area contributed by atoms with Crippen LogP contribution in [0.1, 0.15) is 27.2 Å². The Morgan fingerprint density at radius 2 is 2.05 bits per heavy atom.